The normalized spacial score (nSPS) is 16.0. The van der Waals surface area contributed by atoms with E-state index in [0.29, 0.717) is 12.0 Å². The van der Waals surface area contributed by atoms with E-state index in [1.165, 1.54) is 23.8 Å². The third-order valence-electron chi connectivity index (χ3n) is 5.28. The van der Waals surface area contributed by atoms with Gasteiger partial charge in [-0.05, 0) is 63.8 Å². The van der Waals surface area contributed by atoms with Gasteiger partial charge < -0.3 is 20.1 Å². The van der Waals surface area contributed by atoms with E-state index in [4.69, 9.17) is 4.74 Å². The Kier molecular flexibility index (Phi) is 6.50. The lowest BCUT2D eigenvalue weighted by Gasteiger charge is -2.27. The molecule has 3 rings (SSSR count). The summed E-state index contributed by atoms with van der Waals surface area (Å²) in [6, 6.07) is 7.82. The molecule has 0 unspecified atom stereocenters. The number of hydrogen-bond donors (Lipinski definition) is 3. The molecule has 0 saturated carbocycles. The molecule has 1 atom stereocenters. The van der Waals surface area contributed by atoms with Crippen molar-refractivity contribution >= 4 is 5.78 Å². The van der Waals surface area contributed by atoms with Gasteiger partial charge in [0.25, 0.3) is 0 Å². The molecule has 0 aliphatic carbocycles. The molecule has 0 fully saturated rings. The predicted molar refractivity (Wildman–Crippen MR) is 116 cm³/mol. The van der Waals surface area contributed by atoms with Crippen molar-refractivity contribution in [3.8, 4) is 23.0 Å². The number of aromatic hydroxyl groups is 3. The number of ether oxygens (including phenoxy) is 1. The van der Waals surface area contributed by atoms with Gasteiger partial charge in [-0.2, -0.15) is 0 Å². The van der Waals surface area contributed by atoms with Crippen molar-refractivity contribution in [3.05, 3.63) is 70.3 Å². The molecule has 0 amide bonds. The largest absolute Gasteiger partial charge is 0.508 e. The Bertz CT molecular complexity index is 995. The number of carbonyl (C=O) groups is 1. The molecule has 1 heterocycles. The van der Waals surface area contributed by atoms with Gasteiger partial charge in [-0.25, -0.2) is 0 Å². The first-order valence-corrected chi connectivity index (χ1v) is 10.1. The van der Waals surface area contributed by atoms with Crippen LogP contribution < -0.4 is 4.74 Å². The molecule has 2 aromatic rings. The molecule has 30 heavy (non-hydrogen) atoms. The molecule has 158 valence electrons. The number of carbonyl (C=O) groups excluding carboxylic acids is 1. The fourth-order valence-electron chi connectivity index (χ4n) is 3.51. The quantitative estimate of drug-likeness (QED) is 0.530. The second-order valence-corrected chi connectivity index (χ2v) is 8.00. The zero-order valence-electron chi connectivity index (χ0n) is 17.6. The highest BCUT2D eigenvalue weighted by atomic mass is 16.5. The SMILES string of the molecule is CC(C)=CCC/C(C)=C/Cc1c(O)cc2c(c1O)O[C@@H](c1ccc(O)cc1)CC2=O. The van der Waals surface area contributed by atoms with E-state index in [0.717, 1.165) is 24.0 Å². The van der Waals surface area contributed by atoms with E-state index in [-0.39, 0.29) is 40.8 Å². The van der Waals surface area contributed by atoms with E-state index in [2.05, 4.69) is 19.9 Å². The number of benzene rings is 2. The predicted octanol–water partition coefficient (Wildman–Crippen LogP) is 5.75. The van der Waals surface area contributed by atoms with E-state index >= 15 is 0 Å². The zero-order chi connectivity index (χ0) is 21.8. The first-order valence-electron chi connectivity index (χ1n) is 10.1. The van der Waals surface area contributed by atoms with Crippen molar-refractivity contribution in [1.82, 2.24) is 0 Å². The highest BCUT2D eigenvalue weighted by Gasteiger charge is 2.32. The maximum Gasteiger partial charge on any atom is 0.173 e. The standard InChI is InChI=1S/C25H28O5/c1-15(2)5-4-6-16(3)7-12-19-21(27)13-20-22(28)14-23(30-25(20)24(19)29)17-8-10-18(26)11-9-17/h5,7-11,13,23,26-27,29H,4,6,12,14H2,1-3H3/b16-7+/t23-/m1/s1. The lowest BCUT2D eigenvalue weighted by atomic mass is 9.93. The van der Waals surface area contributed by atoms with Gasteiger partial charge in [0, 0.05) is 5.56 Å². The summed E-state index contributed by atoms with van der Waals surface area (Å²) in [6.45, 7) is 6.15. The zero-order valence-corrected chi connectivity index (χ0v) is 17.6. The maximum absolute atomic E-state index is 12.6. The molecule has 0 radical (unpaired) electrons. The van der Waals surface area contributed by atoms with Crippen molar-refractivity contribution in [2.24, 2.45) is 0 Å². The minimum Gasteiger partial charge on any atom is -0.508 e. The Balaban J connectivity index is 1.85. The van der Waals surface area contributed by atoms with Gasteiger partial charge in [-0.15, -0.1) is 0 Å². The lowest BCUT2D eigenvalue weighted by Crippen LogP contribution is -2.20. The second-order valence-electron chi connectivity index (χ2n) is 8.00. The van der Waals surface area contributed by atoms with Crippen LogP contribution in [0.5, 0.6) is 23.0 Å². The fraction of sp³-hybridized carbons (Fsp3) is 0.320. The van der Waals surface area contributed by atoms with Gasteiger partial charge in [0.15, 0.2) is 17.3 Å². The molecule has 0 aromatic heterocycles. The van der Waals surface area contributed by atoms with Crippen LogP contribution in [0, 0.1) is 0 Å². The van der Waals surface area contributed by atoms with Crippen LogP contribution in [-0.4, -0.2) is 21.1 Å². The lowest BCUT2D eigenvalue weighted by molar-refractivity contribution is 0.0841. The van der Waals surface area contributed by atoms with E-state index in [9.17, 15) is 20.1 Å². The molecular formula is C25H28O5. The molecule has 1 aliphatic heterocycles. The van der Waals surface area contributed by atoms with Gasteiger partial charge in [0.05, 0.1) is 12.0 Å². The molecule has 3 N–H and O–H groups in total. The number of hydrogen-bond acceptors (Lipinski definition) is 5. The summed E-state index contributed by atoms with van der Waals surface area (Å²) in [5.74, 6) is -0.287. The van der Waals surface area contributed by atoms with Crippen LogP contribution >= 0.6 is 0 Å². The van der Waals surface area contributed by atoms with Gasteiger partial charge in [0.2, 0.25) is 0 Å². The minimum atomic E-state index is -0.560. The number of allylic oxidation sites excluding steroid dienone is 4. The Morgan fingerprint density at radius 3 is 2.47 bits per heavy atom. The number of rotatable bonds is 6. The van der Waals surface area contributed by atoms with Gasteiger partial charge in [0.1, 0.15) is 17.6 Å². The summed E-state index contributed by atoms with van der Waals surface area (Å²) >= 11 is 0. The van der Waals surface area contributed by atoms with Crippen molar-refractivity contribution in [3.63, 3.8) is 0 Å². The Hall–Kier alpha value is -3.21. The maximum atomic E-state index is 12.6. The topological polar surface area (TPSA) is 87.0 Å². The third-order valence-corrected chi connectivity index (χ3v) is 5.28. The summed E-state index contributed by atoms with van der Waals surface area (Å²) in [7, 11) is 0. The average Bonchev–Trinajstić information content (AvgIpc) is 2.69. The Labute approximate surface area is 177 Å². The van der Waals surface area contributed by atoms with Crippen molar-refractivity contribution in [2.45, 2.75) is 52.6 Å². The Morgan fingerprint density at radius 1 is 1.10 bits per heavy atom. The van der Waals surface area contributed by atoms with Crippen LogP contribution in [0.25, 0.3) is 0 Å². The van der Waals surface area contributed by atoms with Crippen LogP contribution in [0.3, 0.4) is 0 Å². The van der Waals surface area contributed by atoms with Gasteiger partial charge in [-0.1, -0.05) is 35.4 Å². The summed E-state index contributed by atoms with van der Waals surface area (Å²) in [6.07, 6.45) is 5.87. The van der Waals surface area contributed by atoms with Crippen LogP contribution in [0.4, 0.5) is 0 Å². The number of ketones is 1. The molecule has 0 saturated heterocycles. The number of fused-ring (bicyclic) bond motifs is 1. The van der Waals surface area contributed by atoms with Crippen LogP contribution in [0.2, 0.25) is 0 Å². The Morgan fingerprint density at radius 2 is 1.80 bits per heavy atom. The van der Waals surface area contributed by atoms with Gasteiger partial charge in [-0.3, -0.25) is 4.79 Å². The van der Waals surface area contributed by atoms with E-state index in [1.807, 2.05) is 13.0 Å². The van der Waals surface area contributed by atoms with Gasteiger partial charge >= 0.3 is 0 Å². The smallest absolute Gasteiger partial charge is 0.173 e. The molecule has 5 nitrogen and oxygen atoms in total. The molecule has 5 heteroatoms. The monoisotopic (exact) mass is 408 g/mol. The molecule has 0 spiro atoms. The van der Waals surface area contributed by atoms with Crippen molar-refractivity contribution in [1.29, 1.82) is 0 Å². The summed E-state index contributed by atoms with van der Waals surface area (Å²) < 4.78 is 5.96. The third kappa shape index (κ3) is 4.85. The van der Waals surface area contributed by atoms with Crippen molar-refractivity contribution < 1.29 is 24.9 Å². The summed E-state index contributed by atoms with van der Waals surface area (Å²) in [5, 5.41) is 30.7. The average molecular weight is 408 g/mol. The van der Waals surface area contributed by atoms with E-state index in [1.54, 1.807) is 12.1 Å². The molecule has 1 aliphatic rings. The first kappa shape index (κ1) is 21.5. The molecule has 2 aromatic carbocycles. The van der Waals surface area contributed by atoms with E-state index < -0.39 is 6.10 Å². The fourth-order valence-corrected chi connectivity index (χ4v) is 3.51. The number of Topliss-reactive ketones (excluding diaryl/α,β-unsaturated/α-hetero) is 1. The van der Waals surface area contributed by atoms with Crippen LogP contribution in [0.15, 0.2) is 53.6 Å². The van der Waals surface area contributed by atoms with Crippen LogP contribution in [0.1, 0.15) is 67.6 Å². The molecule has 0 bridgehead atoms. The highest BCUT2D eigenvalue weighted by Crippen LogP contribution is 2.46. The second kappa shape index (κ2) is 9.08. The summed E-state index contributed by atoms with van der Waals surface area (Å²) in [5.41, 5.74) is 3.69. The highest BCUT2D eigenvalue weighted by molar-refractivity contribution is 6.01. The minimum absolute atomic E-state index is 0.0966. The number of phenols is 3. The number of phenolic OH excluding ortho intramolecular Hbond substituents is 3. The van der Waals surface area contributed by atoms with Crippen molar-refractivity contribution in [2.75, 3.05) is 0 Å². The molecular weight excluding hydrogens is 380 g/mol. The van der Waals surface area contributed by atoms with Crippen LogP contribution in [-0.2, 0) is 6.42 Å². The first-order chi connectivity index (χ1) is 14.3. The summed E-state index contributed by atoms with van der Waals surface area (Å²) in [4.78, 5) is 12.6.